The molecule has 178 valence electrons. The Balaban J connectivity index is 1.34. The number of ether oxygens (including phenoxy) is 1. The maximum absolute atomic E-state index is 13.4. The molecule has 6 rings (SSSR count). The van der Waals surface area contributed by atoms with E-state index in [4.69, 9.17) is 15.6 Å². The van der Waals surface area contributed by atoms with E-state index in [1.165, 1.54) is 37.6 Å². The molecule has 1 saturated heterocycles. The second-order valence-electron chi connectivity index (χ2n) is 10.2. The fraction of sp³-hybridized carbons (Fsp3) is 0.667. The van der Waals surface area contributed by atoms with Crippen molar-refractivity contribution in [1.29, 1.82) is 0 Å². The highest BCUT2D eigenvalue weighted by Gasteiger charge is 2.51. The second kappa shape index (κ2) is 7.98. The number of nitrogens with two attached hydrogens (primary N) is 1. The minimum atomic E-state index is -4.54. The Bertz CT molecular complexity index is 1030. The van der Waals surface area contributed by atoms with Gasteiger partial charge in [0.2, 0.25) is 0 Å². The van der Waals surface area contributed by atoms with E-state index in [9.17, 15) is 13.2 Å². The van der Waals surface area contributed by atoms with Gasteiger partial charge >= 0.3 is 6.18 Å². The van der Waals surface area contributed by atoms with Crippen molar-refractivity contribution in [2.75, 3.05) is 32.0 Å². The number of morpholine rings is 1. The molecule has 0 spiro atoms. The van der Waals surface area contributed by atoms with Gasteiger partial charge in [0.1, 0.15) is 5.82 Å². The summed E-state index contributed by atoms with van der Waals surface area (Å²) in [6.45, 7) is 4.44. The summed E-state index contributed by atoms with van der Waals surface area (Å²) in [4.78, 5) is 6.45. The summed E-state index contributed by atoms with van der Waals surface area (Å²) in [6.07, 6.45) is 2.88. The lowest BCUT2D eigenvalue weighted by Gasteiger charge is -2.35. The van der Waals surface area contributed by atoms with Crippen LogP contribution in [0.25, 0.3) is 11.3 Å². The zero-order valence-electron chi connectivity index (χ0n) is 18.6. The molecule has 6 nitrogen and oxygen atoms in total. The minimum Gasteiger partial charge on any atom is -0.383 e. The summed E-state index contributed by atoms with van der Waals surface area (Å²) in [5.41, 5.74) is 6.75. The molecule has 3 saturated carbocycles. The van der Waals surface area contributed by atoms with Gasteiger partial charge in [-0.1, -0.05) is 0 Å². The van der Waals surface area contributed by atoms with Gasteiger partial charge in [-0.2, -0.15) is 18.3 Å². The molecule has 0 radical (unpaired) electrons. The van der Waals surface area contributed by atoms with Crippen molar-refractivity contribution in [3.8, 4) is 11.3 Å². The third-order valence-corrected chi connectivity index (χ3v) is 8.17. The topological polar surface area (TPSA) is 69.2 Å². The number of hydrogen-bond acceptors (Lipinski definition) is 5. The first-order valence-corrected chi connectivity index (χ1v) is 12.1. The molecular weight excluding hydrogens is 431 g/mol. The van der Waals surface area contributed by atoms with Crippen LogP contribution in [-0.4, -0.2) is 52.0 Å². The molecule has 0 amide bonds. The number of hydrogen-bond donors (Lipinski definition) is 1. The zero-order valence-corrected chi connectivity index (χ0v) is 18.6. The van der Waals surface area contributed by atoms with Crippen LogP contribution in [0.5, 0.6) is 0 Å². The van der Waals surface area contributed by atoms with E-state index in [-0.39, 0.29) is 0 Å². The van der Waals surface area contributed by atoms with E-state index in [1.807, 2.05) is 6.07 Å². The Morgan fingerprint density at radius 1 is 1.09 bits per heavy atom. The molecule has 33 heavy (non-hydrogen) atoms. The zero-order chi connectivity index (χ0) is 22.7. The maximum atomic E-state index is 13.4. The molecule has 2 bridgehead atoms. The van der Waals surface area contributed by atoms with Crippen LogP contribution in [0.4, 0.5) is 19.0 Å². The predicted molar refractivity (Wildman–Crippen MR) is 117 cm³/mol. The summed E-state index contributed by atoms with van der Waals surface area (Å²) in [7, 11) is 0. The van der Waals surface area contributed by atoms with E-state index < -0.39 is 17.6 Å². The van der Waals surface area contributed by atoms with E-state index in [0.717, 1.165) is 45.3 Å². The van der Waals surface area contributed by atoms with Gasteiger partial charge in [0.05, 0.1) is 24.5 Å². The van der Waals surface area contributed by atoms with Gasteiger partial charge in [-0.15, -0.1) is 0 Å². The predicted octanol–water partition coefficient (Wildman–Crippen LogP) is 4.17. The highest BCUT2D eigenvalue weighted by atomic mass is 19.4. The van der Waals surface area contributed by atoms with Crippen LogP contribution in [0.1, 0.15) is 49.3 Å². The number of rotatable bonds is 5. The summed E-state index contributed by atoms with van der Waals surface area (Å²) < 4.78 is 47.9. The van der Waals surface area contributed by atoms with E-state index in [0.29, 0.717) is 41.0 Å². The number of halogens is 3. The van der Waals surface area contributed by atoms with Gasteiger partial charge in [-0.05, 0) is 62.0 Å². The van der Waals surface area contributed by atoms with Crippen molar-refractivity contribution in [2.45, 2.75) is 56.8 Å². The highest BCUT2D eigenvalue weighted by Crippen LogP contribution is 2.55. The SMILES string of the molecule is Nc1ncc(-c2cc([C@H]3CC4CC[C@@H]3C4N3CCOCC3)n(CC3CC3)n2)cc1C(F)(F)F. The average molecular weight is 462 g/mol. The summed E-state index contributed by atoms with van der Waals surface area (Å²) in [6, 6.07) is 3.70. The fourth-order valence-electron chi connectivity index (χ4n) is 6.48. The molecule has 0 aromatic carbocycles. The van der Waals surface area contributed by atoms with Gasteiger partial charge in [0.15, 0.2) is 0 Å². The Labute approximate surface area is 191 Å². The lowest BCUT2D eigenvalue weighted by atomic mass is 9.85. The number of pyridine rings is 1. The van der Waals surface area contributed by atoms with Crippen molar-refractivity contribution < 1.29 is 17.9 Å². The standard InChI is InChI=1S/C24H30F3N5O/c25-24(26,27)19-10-16(12-29-23(19)28)20-11-21(32(30-20)13-14-1-2-14)18-9-15-3-4-17(18)22(15)31-5-7-33-8-6-31/h10-12,14-15,17-18,22H,1-9,13H2,(H2,28,29)/t15?,17-,18-,22?/m0/s1. The first-order valence-electron chi connectivity index (χ1n) is 12.1. The lowest BCUT2D eigenvalue weighted by molar-refractivity contribution is -0.137. The quantitative estimate of drug-likeness (QED) is 0.724. The summed E-state index contributed by atoms with van der Waals surface area (Å²) in [5, 5.41) is 4.81. The molecule has 1 aliphatic heterocycles. The number of fused-ring (bicyclic) bond motifs is 2. The monoisotopic (exact) mass is 461 g/mol. The fourth-order valence-corrected chi connectivity index (χ4v) is 6.48. The summed E-state index contributed by atoms with van der Waals surface area (Å²) in [5.74, 6) is 1.79. The van der Waals surface area contributed by atoms with Gasteiger partial charge in [0.25, 0.3) is 0 Å². The molecule has 3 aliphatic carbocycles. The first kappa shape index (κ1) is 21.4. The number of nitrogens with zero attached hydrogens (tertiary/aromatic N) is 4. The number of aromatic nitrogens is 3. The molecule has 4 aliphatic rings. The van der Waals surface area contributed by atoms with Crippen LogP contribution < -0.4 is 5.73 Å². The van der Waals surface area contributed by atoms with Crippen molar-refractivity contribution in [2.24, 2.45) is 17.8 Å². The largest absolute Gasteiger partial charge is 0.419 e. The molecule has 2 aromatic rings. The Morgan fingerprint density at radius 3 is 2.61 bits per heavy atom. The van der Waals surface area contributed by atoms with Crippen molar-refractivity contribution in [3.63, 3.8) is 0 Å². The number of alkyl halides is 3. The van der Waals surface area contributed by atoms with Crippen LogP contribution in [0.15, 0.2) is 18.3 Å². The Kier molecular flexibility index (Phi) is 5.17. The van der Waals surface area contributed by atoms with Crippen molar-refractivity contribution in [3.05, 3.63) is 29.6 Å². The molecule has 9 heteroatoms. The third kappa shape index (κ3) is 3.93. The Hall–Kier alpha value is -2.13. The third-order valence-electron chi connectivity index (χ3n) is 8.17. The Morgan fingerprint density at radius 2 is 1.88 bits per heavy atom. The first-order chi connectivity index (χ1) is 15.9. The van der Waals surface area contributed by atoms with Crippen molar-refractivity contribution in [1.82, 2.24) is 19.7 Å². The lowest BCUT2D eigenvalue weighted by Crippen LogP contribution is -2.46. The average Bonchev–Trinajstić information content (AvgIpc) is 3.22. The van der Waals surface area contributed by atoms with E-state index >= 15 is 0 Å². The molecule has 3 heterocycles. The van der Waals surface area contributed by atoms with Gasteiger partial charge in [-0.25, -0.2) is 4.98 Å². The van der Waals surface area contributed by atoms with Gasteiger partial charge < -0.3 is 10.5 Å². The molecule has 4 fully saturated rings. The minimum absolute atomic E-state index is 0.375. The highest BCUT2D eigenvalue weighted by molar-refractivity contribution is 5.63. The van der Waals surface area contributed by atoms with Crippen LogP contribution in [-0.2, 0) is 17.5 Å². The van der Waals surface area contributed by atoms with Crippen molar-refractivity contribution >= 4 is 5.82 Å². The van der Waals surface area contributed by atoms with Crippen LogP contribution in [0.2, 0.25) is 0 Å². The molecular formula is C24H30F3N5O. The molecule has 4 atom stereocenters. The van der Waals surface area contributed by atoms with Crippen LogP contribution in [0, 0.1) is 17.8 Å². The van der Waals surface area contributed by atoms with Gasteiger partial charge in [0, 0.05) is 49.0 Å². The van der Waals surface area contributed by atoms with Gasteiger partial charge in [-0.3, -0.25) is 9.58 Å². The molecule has 2 aromatic heterocycles. The van der Waals surface area contributed by atoms with Crippen LogP contribution >= 0.6 is 0 Å². The molecule has 2 N–H and O–H groups in total. The second-order valence-corrected chi connectivity index (χ2v) is 10.2. The molecule has 2 unspecified atom stereocenters. The number of anilines is 1. The van der Waals surface area contributed by atoms with Crippen LogP contribution in [0.3, 0.4) is 0 Å². The normalized spacial score (nSPS) is 30.3. The van der Waals surface area contributed by atoms with E-state index in [1.54, 1.807) is 0 Å². The summed E-state index contributed by atoms with van der Waals surface area (Å²) >= 11 is 0. The van der Waals surface area contributed by atoms with E-state index in [2.05, 4.69) is 14.6 Å². The number of nitrogen functional groups attached to an aromatic ring is 1. The maximum Gasteiger partial charge on any atom is 0.419 e. The smallest absolute Gasteiger partial charge is 0.383 e.